The lowest BCUT2D eigenvalue weighted by molar-refractivity contribution is 1.62. The van der Waals surface area contributed by atoms with E-state index < -0.39 is 0 Å². The molecule has 0 heterocycles. The second-order valence-electron chi connectivity index (χ2n) is 1.61. The highest BCUT2D eigenvalue weighted by molar-refractivity contribution is 9.09. The monoisotopic (exact) mass is 184 g/mol. The Morgan fingerprint density at radius 3 is 2.89 bits per heavy atom. The van der Waals surface area contributed by atoms with Crippen molar-refractivity contribution in [3.63, 3.8) is 0 Å². The van der Waals surface area contributed by atoms with E-state index in [1.165, 1.54) is 0 Å². The number of allylic oxidation sites excluding steroid dienone is 3. The minimum absolute atomic E-state index is 0.859. The molecule has 0 amide bonds. The molecule has 0 bridgehead atoms. The van der Waals surface area contributed by atoms with Gasteiger partial charge in [-0.1, -0.05) is 40.4 Å². The molecule has 0 spiro atoms. The molecular formula is C8H9Br. The zero-order valence-corrected chi connectivity index (χ0v) is 7.03. The second kappa shape index (κ2) is 5.65. The van der Waals surface area contributed by atoms with Crippen LogP contribution in [0.5, 0.6) is 0 Å². The van der Waals surface area contributed by atoms with Crippen LogP contribution in [0.2, 0.25) is 0 Å². The maximum atomic E-state index is 3.63. The Hall–Kier alpha value is -0.480. The van der Waals surface area contributed by atoms with Gasteiger partial charge in [0.15, 0.2) is 0 Å². The molecule has 0 N–H and O–H groups in total. The summed E-state index contributed by atoms with van der Waals surface area (Å²) < 4.78 is 0. The normalized spacial score (nSPS) is 8.67. The molecule has 48 valence electrons. The van der Waals surface area contributed by atoms with Gasteiger partial charge in [0.25, 0.3) is 0 Å². The molecule has 0 fully saturated rings. The van der Waals surface area contributed by atoms with Crippen LogP contribution in [0.3, 0.4) is 0 Å². The summed E-state index contributed by atoms with van der Waals surface area (Å²) in [5.41, 5.74) is 0.897. The van der Waals surface area contributed by atoms with Crippen molar-refractivity contribution in [2.24, 2.45) is 0 Å². The van der Waals surface area contributed by atoms with E-state index in [0.29, 0.717) is 0 Å². The summed E-state index contributed by atoms with van der Waals surface area (Å²) in [6.45, 7) is 5.52. The van der Waals surface area contributed by atoms with Gasteiger partial charge in [-0.05, 0) is 18.6 Å². The van der Waals surface area contributed by atoms with Crippen molar-refractivity contribution < 1.29 is 0 Å². The fourth-order valence-electron chi connectivity index (χ4n) is 0.268. The smallest absolute Gasteiger partial charge is 0.0221 e. The van der Waals surface area contributed by atoms with Crippen molar-refractivity contribution >= 4 is 15.9 Å². The lowest BCUT2D eigenvalue weighted by Gasteiger charge is -1.73. The van der Waals surface area contributed by atoms with Gasteiger partial charge in [-0.3, -0.25) is 0 Å². The van der Waals surface area contributed by atoms with Crippen molar-refractivity contribution in [2.45, 2.75) is 6.92 Å². The zero-order valence-electron chi connectivity index (χ0n) is 5.45. The highest BCUT2D eigenvalue weighted by atomic mass is 79.9. The van der Waals surface area contributed by atoms with Crippen molar-refractivity contribution in [2.75, 3.05) is 5.33 Å². The van der Waals surface area contributed by atoms with Crippen molar-refractivity contribution in [3.05, 3.63) is 24.3 Å². The van der Waals surface area contributed by atoms with E-state index in [-0.39, 0.29) is 0 Å². The van der Waals surface area contributed by atoms with Gasteiger partial charge in [0.1, 0.15) is 0 Å². The van der Waals surface area contributed by atoms with E-state index in [0.717, 1.165) is 10.9 Å². The average Bonchev–Trinajstić information content (AvgIpc) is 1.80. The summed E-state index contributed by atoms with van der Waals surface area (Å²) in [6, 6.07) is 0. The number of alkyl halides is 1. The molecule has 0 unspecified atom stereocenters. The Morgan fingerprint density at radius 1 is 1.78 bits per heavy atom. The van der Waals surface area contributed by atoms with Crippen LogP contribution < -0.4 is 0 Å². The molecule has 0 aliphatic carbocycles. The fraction of sp³-hybridized carbons (Fsp3) is 0.250. The second-order valence-corrected chi connectivity index (χ2v) is 2.25. The number of hydrogen-bond acceptors (Lipinski definition) is 0. The van der Waals surface area contributed by atoms with E-state index in [9.17, 15) is 0 Å². The number of halogens is 1. The standard InChI is InChI=1S/C8H9Br/c1-8(2)6-4-3-5-7-9/h3,5H,1,7H2,2H3/b5-3-. The SMILES string of the molecule is C=C(C)C#C/C=C\CBr. The molecule has 0 aromatic rings. The molecule has 0 saturated carbocycles. The Labute approximate surface area is 64.8 Å². The van der Waals surface area contributed by atoms with Gasteiger partial charge >= 0.3 is 0 Å². The topological polar surface area (TPSA) is 0 Å². The summed E-state index contributed by atoms with van der Waals surface area (Å²) >= 11 is 3.24. The predicted molar refractivity (Wildman–Crippen MR) is 45.5 cm³/mol. The highest BCUT2D eigenvalue weighted by Gasteiger charge is 1.66. The van der Waals surface area contributed by atoms with Crippen LogP contribution in [0.1, 0.15) is 6.92 Å². The van der Waals surface area contributed by atoms with Gasteiger partial charge in [-0.15, -0.1) is 0 Å². The first-order valence-electron chi connectivity index (χ1n) is 2.65. The van der Waals surface area contributed by atoms with Gasteiger partial charge in [-0.2, -0.15) is 0 Å². The lowest BCUT2D eigenvalue weighted by Crippen LogP contribution is -1.60. The van der Waals surface area contributed by atoms with E-state index in [1.807, 2.05) is 19.1 Å². The summed E-state index contributed by atoms with van der Waals surface area (Å²) in [5.74, 6) is 5.65. The molecule has 0 nitrogen and oxygen atoms in total. The van der Waals surface area contributed by atoms with Crippen LogP contribution in [0.4, 0.5) is 0 Å². The quantitative estimate of drug-likeness (QED) is 0.435. The molecule has 0 radical (unpaired) electrons. The molecular weight excluding hydrogens is 176 g/mol. The van der Waals surface area contributed by atoms with Gasteiger partial charge in [-0.25, -0.2) is 0 Å². The summed E-state index contributed by atoms with van der Waals surface area (Å²) in [4.78, 5) is 0. The molecule has 0 saturated heterocycles. The van der Waals surface area contributed by atoms with Crippen LogP contribution in [-0.2, 0) is 0 Å². The van der Waals surface area contributed by atoms with Gasteiger partial charge in [0, 0.05) is 5.33 Å². The zero-order chi connectivity index (χ0) is 7.11. The minimum atomic E-state index is 0.859. The molecule has 0 aromatic heterocycles. The first-order valence-corrected chi connectivity index (χ1v) is 3.77. The highest BCUT2D eigenvalue weighted by Crippen LogP contribution is 1.82. The Bertz CT molecular complexity index is 167. The van der Waals surface area contributed by atoms with E-state index in [4.69, 9.17) is 0 Å². The third kappa shape index (κ3) is 7.52. The van der Waals surface area contributed by atoms with E-state index >= 15 is 0 Å². The van der Waals surface area contributed by atoms with Crippen molar-refractivity contribution in [1.29, 1.82) is 0 Å². The third-order valence-electron chi connectivity index (χ3n) is 0.576. The lowest BCUT2D eigenvalue weighted by atomic mass is 10.3. The summed E-state index contributed by atoms with van der Waals surface area (Å²) in [5, 5.41) is 0.859. The molecule has 0 rings (SSSR count). The van der Waals surface area contributed by atoms with Crippen molar-refractivity contribution in [3.8, 4) is 11.8 Å². The Kier molecular flexibility index (Phi) is 5.35. The van der Waals surface area contributed by atoms with Crippen LogP contribution in [0.15, 0.2) is 24.3 Å². The van der Waals surface area contributed by atoms with E-state index in [1.54, 1.807) is 0 Å². The molecule has 0 aliphatic heterocycles. The number of hydrogen-bond donors (Lipinski definition) is 0. The minimum Gasteiger partial charge on any atom is -0.0883 e. The van der Waals surface area contributed by atoms with Gasteiger partial charge in [0.2, 0.25) is 0 Å². The van der Waals surface area contributed by atoms with Crippen LogP contribution in [0.25, 0.3) is 0 Å². The maximum Gasteiger partial charge on any atom is 0.0221 e. The summed E-state index contributed by atoms with van der Waals surface area (Å²) in [7, 11) is 0. The molecule has 1 heteroatoms. The van der Waals surface area contributed by atoms with Crippen LogP contribution >= 0.6 is 15.9 Å². The van der Waals surface area contributed by atoms with Gasteiger partial charge in [0.05, 0.1) is 0 Å². The predicted octanol–water partition coefficient (Wildman–Crippen LogP) is 2.52. The van der Waals surface area contributed by atoms with Gasteiger partial charge < -0.3 is 0 Å². The molecule has 0 aromatic carbocycles. The first-order chi connectivity index (χ1) is 4.27. The first kappa shape index (κ1) is 8.52. The Morgan fingerprint density at radius 2 is 2.44 bits per heavy atom. The third-order valence-corrected chi connectivity index (χ3v) is 0.950. The summed E-state index contributed by atoms with van der Waals surface area (Å²) in [6.07, 6.45) is 3.75. The Balaban J connectivity index is 3.62. The largest absolute Gasteiger partial charge is 0.0883 e. The maximum absolute atomic E-state index is 3.63. The molecule has 0 aliphatic rings. The molecule has 0 atom stereocenters. The molecule has 9 heavy (non-hydrogen) atoms. The average molecular weight is 185 g/mol. The van der Waals surface area contributed by atoms with Crippen molar-refractivity contribution in [1.82, 2.24) is 0 Å². The van der Waals surface area contributed by atoms with E-state index in [2.05, 4.69) is 34.3 Å². The number of rotatable bonds is 1. The fourth-order valence-corrected chi connectivity index (χ4v) is 0.455. The van der Waals surface area contributed by atoms with Crippen LogP contribution in [-0.4, -0.2) is 5.33 Å². The van der Waals surface area contributed by atoms with Crippen LogP contribution in [0, 0.1) is 11.8 Å².